The van der Waals surface area contributed by atoms with E-state index >= 15 is 0 Å². The molecular formula is C12H13BrN4O2S2. The first-order valence-corrected chi connectivity index (χ1v) is 9.26. The van der Waals surface area contributed by atoms with Gasteiger partial charge < -0.3 is 5.43 Å². The Labute approximate surface area is 135 Å². The number of benzene rings is 1. The van der Waals surface area contributed by atoms with E-state index < -0.39 is 10.0 Å². The van der Waals surface area contributed by atoms with Gasteiger partial charge in [0.25, 0.3) is 10.0 Å². The Morgan fingerprint density at radius 2 is 2.05 bits per heavy atom. The Morgan fingerprint density at radius 1 is 1.33 bits per heavy atom. The Hall–Kier alpha value is -1.29. The average molecular weight is 389 g/mol. The highest BCUT2D eigenvalue weighted by Gasteiger charge is 2.21. The van der Waals surface area contributed by atoms with E-state index in [0.717, 1.165) is 4.90 Å². The van der Waals surface area contributed by atoms with Crippen molar-refractivity contribution in [3.63, 3.8) is 0 Å². The van der Waals surface area contributed by atoms with Gasteiger partial charge >= 0.3 is 0 Å². The van der Waals surface area contributed by atoms with Gasteiger partial charge in [-0.15, -0.1) is 11.8 Å². The van der Waals surface area contributed by atoms with E-state index in [4.69, 9.17) is 5.84 Å². The molecule has 9 heteroatoms. The minimum absolute atomic E-state index is 0.0321. The monoisotopic (exact) mass is 388 g/mol. The predicted molar refractivity (Wildman–Crippen MR) is 88.8 cm³/mol. The van der Waals surface area contributed by atoms with Crippen LogP contribution in [0.4, 0.5) is 11.5 Å². The third-order valence-corrected chi connectivity index (χ3v) is 5.21. The van der Waals surface area contributed by atoms with Gasteiger partial charge in [0.05, 0.1) is 5.69 Å². The number of pyridine rings is 1. The van der Waals surface area contributed by atoms with Crippen LogP contribution in [-0.2, 0) is 10.0 Å². The van der Waals surface area contributed by atoms with Crippen LogP contribution in [-0.4, -0.2) is 19.7 Å². The Morgan fingerprint density at radius 3 is 2.71 bits per heavy atom. The lowest BCUT2D eigenvalue weighted by atomic mass is 10.3. The normalized spacial score (nSPS) is 11.2. The number of anilines is 2. The fourth-order valence-electron chi connectivity index (χ4n) is 1.66. The molecule has 0 spiro atoms. The standard InChI is InChI=1S/C12H13BrN4O2S2/c1-20-10-5-3-2-4-9(10)17-21(18,19)11-6-8(13)7-15-12(11)16-14/h2-7,17H,14H2,1H3,(H,15,16). The molecule has 1 heterocycles. The maximum absolute atomic E-state index is 12.5. The van der Waals surface area contributed by atoms with Crippen LogP contribution in [0.15, 0.2) is 50.8 Å². The number of nitrogen functional groups attached to an aromatic ring is 1. The summed E-state index contributed by atoms with van der Waals surface area (Å²) in [5, 5.41) is 0. The Bertz CT molecular complexity index is 753. The molecule has 1 aromatic heterocycles. The zero-order chi connectivity index (χ0) is 15.5. The quantitative estimate of drug-likeness (QED) is 0.413. The molecule has 0 aliphatic carbocycles. The SMILES string of the molecule is CSc1ccccc1NS(=O)(=O)c1cc(Br)cnc1NN. The van der Waals surface area contributed by atoms with Crippen LogP contribution in [0.5, 0.6) is 0 Å². The molecule has 0 amide bonds. The first-order chi connectivity index (χ1) is 9.97. The zero-order valence-electron chi connectivity index (χ0n) is 11.0. The first kappa shape index (κ1) is 16.1. The van der Waals surface area contributed by atoms with Crippen LogP contribution in [0.25, 0.3) is 0 Å². The number of thioether (sulfide) groups is 1. The van der Waals surface area contributed by atoms with Crippen LogP contribution in [0, 0.1) is 0 Å². The predicted octanol–water partition coefficient (Wildman–Crippen LogP) is 2.65. The lowest BCUT2D eigenvalue weighted by Crippen LogP contribution is -2.19. The average Bonchev–Trinajstić information content (AvgIpc) is 2.47. The molecule has 0 saturated heterocycles. The van der Waals surface area contributed by atoms with Gasteiger partial charge in [-0.1, -0.05) is 12.1 Å². The second kappa shape index (κ2) is 6.65. The van der Waals surface area contributed by atoms with E-state index in [1.165, 1.54) is 24.0 Å². The summed E-state index contributed by atoms with van der Waals surface area (Å²) in [5.74, 6) is 5.40. The molecule has 0 saturated carbocycles. The van der Waals surface area contributed by atoms with Crippen LogP contribution in [0.3, 0.4) is 0 Å². The lowest BCUT2D eigenvalue weighted by molar-refractivity contribution is 0.601. The zero-order valence-corrected chi connectivity index (χ0v) is 14.2. The van der Waals surface area contributed by atoms with E-state index in [9.17, 15) is 8.42 Å². The van der Waals surface area contributed by atoms with Gasteiger partial charge in [0.15, 0.2) is 5.82 Å². The summed E-state index contributed by atoms with van der Waals surface area (Å²) in [7, 11) is -3.81. The molecule has 0 atom stereocenters. The summed E-state index contributed by atoms with van der Waals surface area (Å²) in [6.07, 6.45) is 3.34. The molecular weight excluding hydrogens is 376 g/mol. The molecule has 21 heavy (non-hydrogen) atoms. The number of hydrogen-bond donors (Lipinski definition) is 3. The third-order valence-electron chi connectivity index (χ3n) is 2.60. The highest BCUT2D eigenvalue weighted by atomic mass is 79.9. The van der Waals surface area contributed by atoms with E-state index in [-0.39, 0.29) is 10.7 Å². The van der Waals surface area contributed by atoms with Gasteiger partial charge in [0.1, 0.15) is 4.90 Å². The largest absolute Gasteiger partial charge is 0.307 e. The smallest absolute Gasteiger partial charge is 0.265 e. The second-order valence-electron chi connectivity index (χ2n) is 3.95. The highest BCUT2D eigenvalue weighted by molar-refractivity contribution is 9.10. The number of nitrogens with zero attached hydrogens (tertiary/aromatic N) is 1. The van der Waals surface area contributed by atoms with E-state index in [2.05, 4.69) is 31.1 Å². The third kappa shape index (κ3) is 3.67. The van der Waals surface area contributed by atoms with Crippen molar-refractivity contribution in [3.8, 4) is 0 Å². The van der Waals surface area contributed by atoms with Crippen molar-refractivity contribution in [2.75, 3.05) is 16.4 Å². The summed E-state index contributed by atoms with van der Waals surface area (Å²) in [6, 6.07) is 8.58. The summed E-state index contributed by atoms with van der Waals surface area (Å²) in [4.78, 5) is 4.73. The van der Waals surface area contributed by atoms with Crippen molar-refractivity contribution in [3.05, 3.63) is 41.0 Å². The molecule has 0 radical (unpaired) electrons. The van der Waals surface area contributed by atoms with Crippen LogP contribution in [0.2, 0.25) is 0 Å². The molecule has 0 unspecified atom stereocenters. The second-order valence-corrected chi connectivity index (χ2v) is 7.36. The minimum atomic E-state index is -3.81. The molecule has 0 aliphatic rings. The first-order valence-electron chi connectivity index (χ1n) is 5.76. The van der Waals surface area contributed by atoms with E-state index in [1.54, 1.807) is 12.1 Å². The maximum atomic E-state index is 12.5. The van der Waals surface area contributed by atoms with Gasteiger partial charge in [-0.3, -0.25) is 4.72 Å². The molecule has 2 aromatic rings. The van der Waals surface area contributed by atoms with Gasteiger partial charge in [0, 0.05) is 15.6 Å². The van der Waals surface area contributed by atoms with E-state index in [0.29, 0.717) is 10.2 Å². The Kier molecular flexibility index (Phi) is 5.09. The van der Waals surface area contributed by atoms with Crippen molar-refractivity contribution in [1.29, 1.82) is 0 Å². The molecule has 2 rings (SSSR count). The van der Waals surface area contributed by atoms with Crippen LogP contribution >= 0.6 is 27.7 Å². The number of hydrazine groups is 1. The van der Waals surface area contributed by atoms with Crippen molar-refractivity contribution in [1.82, 2.24) is 4.98 Å². The van der Waals surface area contributed by atoms with Crippen molar-refractivity contribution in [2.24, 2.45) is 5.84 Å². The number of para-hydroxylation sites is 1. The molecule has 0 fully saturated rings. The highest BCUT2D eigenvalue weighted by Crippen LogP contribution is 2.29. The van der Waals surface area contributed by atoms with Crippen LogP contribution in [0.1, 0.15) is 0 Å². The van der Waals surface area contributed by atoms with Crippen LogP contribution < -0.4 is 16.0 Å². The summed E-state index contributed by atoms with van der Waals surface area (Å²) < 4.78 is 28.1. The number of nitrogens with two attached hydrogens (primary N) is 1. The fourth-order valence-corrected chi connectivity index (χ4v) is 3.99. The van der Waals surface area contributed by atoms with E-state index in [1.807, 2.05) is 18.4 Å². The summed E-state index contributed by atoms with van der Waals surface area (Å²) in [6.45, 7) is 0. The molecule has 1 aromatic carbocycles. The molecule has 6 nitrogen and oxygen atoms in total. The topological polar surface area (TPSA) is 97.1 Å². The summed E-state index contributed by atoms with van der Waals surface area (Å²) >= 11 is 4.66. The van der Waals surface area contributed by atoms with Crippen molar-refractivity contribution in [2.45, 2.75) is 9.79 Å². The number of rotatable bonds is 5. The maximum Gasteiger partial charge on any atom is 0.265 e. The fraction of sp³-hybridized carbons (Fsp3) is 0.0833. The van der Waals surface area contributed by atoms with Gasteiger partial charge in [-0.25, -0.2) is 19.2 Å². The number of sulfonamides is 1. The number of aromatic nitrogens is 1. The Balaban J connectivity index is 2.46. The van der Waals surface area contributed by atoms with Crippen molar-refractivity contribution < 1.29 is 8.42 Å². The van der Waals surface area contributed by atoms with Crippen molar-refractivity contribution >= 4 is 49.2 Å². The molecule has 4 N–H and O–H groups in total. The van der Waals surface area contributed by atoms with Gasteiger partial charge in [-0.05, 0) is 40.4 Å². The molecule has 0 aliphatic heterocycles. The number of nitrogens with one attached hydrogen (secondary N) is 2. The van der Waals surface area contributed by atoms with Gasteiger partial charge in [-0.2, -0.15) is 0 Å². The van der Waals surface area contributed by atoms with Gasteiger partial charge in [0.2, 0.25) is 0 Å². The number of halogens is 1. The minimum Gasteiger partial charge on any atom is -0.307 e. The summed E-state index contributed by atoms with van der Waals surface area (Å²) in [5.41, 5.74) is 2.79. The molecule has 112 valence electrons. The number of hydrogen-bond acceptors (Lipinski definition) is 6. The molecule has 0 bridgehead atoms. The lowest BCUT2D eigenvalue weighted by Gasteiger charge is -2.13.